The van der Waals surface area contributed by atoms with Gasteiger partial charge in [-0.3, -0.25) is 43.7 Å². The first-order valence-corrected chi connectivity index (χ1v) is 44.2. The number of carbonyl (C=O) groups excluding carboxylic acids is 4. The average Bonchev–Trinajstić information content (AvgIpc) is 1.68. The average molecular weight is 1870 g/mol. The van der Waals surface area contributed by atoms with Gasteiger partial charge in [0.1, 0.15) is 57.8 Å². The maximum Gasteiger partial charge on any atom is 0.307 e. The minimum atomic E-state index is -0.434. The van der Waals surface area contributed by atoms with Gasteiger partial charge < -0.3 is 23.9 Å². The molecule has 0 amide bonds. The van der Waals surface area contributed by atoms with E-state index in [1.165, 1.54) is 20.9 Å². The summed E-state index contributed by atoms with van der Waals surface area (Å²) in [5.41, 5.74) is 17.7. The molecule has 6 aromatic carbocycles. The van der Waals surface area contributed by atoms with Crippen molar-refractivity contribution in [1.29, 1.82) is 0 Å². The Kier molecular flexibility index (Phi) is 39.7. The van der Waals surface area contributed by atoms with E-state index in [9.17, 15) is 19.2 Å². The van der Waals surface area contributed by atoms with E-state index in [4.69, 9.17) is 29.0 Å². The molecule has 12 aromatic rings. The third kappa shape index (κ3) is 24.3. The van der Waals surface area contributed by atoms with Crippen molar-refractivity contribution in [3.63, 3.8) is 0 Å². The van der Waals surface area contributed by atoms with Crippen molar-refractivity contribution >= 4 is 68.7 Å². The first kappa shape index (κ1) is 107. The van der Waals surface area contributed by atoms with Crippen LogP contribution in [0.2, 0.25) is 0 Å². The number of ketones is 4. The summed E-state index contributed by atoms with van der Waals surface area (Å²) in [7, 11) is 0. The molecule has 6 aromatic heterocycles. The number of fused-ring (bicyclic) bond motifs is 12. The minimum absolute atomic E-state index is 0. The van der Waals surface area contributed by atoms with Crippen LogP contribution in [-0.4, -0.2) is 81.3 Å². The van der Waals surface area contributed by atoms with Crippen LogP contribution in [0.25, 0.3) is 32.3 Å². The molecule has 1 N–H and O–H groups in total. The summed E-state index contributed by atoms with van der Waals surface area (Å²) >= 11 is 3.47. The Bertz CT molecular complexity index is 5550. The van der Waals surface area contributed by atoms with E-state index in [0.29, 0.717) is 30.8 Å². The Hall–Kier alpha value is -9.01. The first-order chi connectivity index (χ1) is 57.7. The van der Waals surface area contributed by atoms with E-state index in [2.05, 4.69) is 140 Å². The third-order valence-electron chi connectivity index (χ3n) is 21.2. The summed E-state index contributed by atoms with van der Waals surface area (Å²) in [6.07, 6.45) is 2.98. The number of rotatable bonds is 12. The summed E-state index contributed by atoms with van der Waals surface area (Å²) < 4.78 is 15.6. The summed E-state index contributed by atoms with van der Waals surface area (Å²) in [5, 5.41) is 25.7. The number of aromatic nitrogens is 8. The molecular formula is C103H129N12O6S2Y2-. The number of para-hydroxylation sites is 1. The zero-order valence-electron chi connectivity index (χ0n) is 79.2. The van der Waals surface area contributed by atoms with Gasteiger partial charge in [0.05, 0.1) is 45.9 Å². The molecule has 656 valence electrons. The normalized spacial score (nSPS) is 14.7. The van der Waals surface area contributed by atoms with E-state index in [0.717, 1.165) is 129 Å². The number of thiophene rings is 2. The van der Waals surface area contributed by atoms with Crippen molar-refractivity contribution < 1.29 is 98.2 Å². The Morgan fingerprint density at radius 2 is 0.792 bits per heavy atom. The molecule has 0 aliphatic carbocycles. The number of nitrogens with one attached hydrogen (secondary N) is 1. The molecule has 16 rings (SSSR count). The Balaban J connectivity index is 0.000000285. The maximum absolute atomic E-state index is 12.9. The topological polar surface area (TPSA) is 233 Å². The zero-order chi connectivity index (χ0) is 88.8. The molecule has 18 nitrogen and oxygen atoms in total. The van der Waals surface area contributed by atoms with E-state index in [-0.39, 0.29) is 128 Å². The van der Waals surface area contributed by atoms with Gasteiger partial charge in [0.15, 0.2) is 23.4 Å². The van der Waals surface area contributed by atoms with Gasteiger partial charge in [-0.25, -0.2) is 0 Å². The fourth-order valence-corrected chi connectivity index (χ4v) is 16.6. The number of benzene rings is 6. The molecule has 0 fully saturated rings. The predicted octanol–water partition coefficient (Wildman–Crippen LogP) is 25.5. The second-order valence-corrected chi connectivity index (χ2v) is 35.9. The van der Waals surface area contributed by atoms with Crippen molar-refractivity contribution in [2.45, 2.75) is 237 Å². The SMILES string of the molecule is CC.CC.CC.CC.Cc1[nH]nc2[n+]1-c1ccccc1C(c1ccccc1)=N[C@H]2CC(=O)C(C)(C)C.Cc1noc2c1-c1ccccc1C(c1ccccc1)=N[C@H]2CC(=O)C(C)(C)C.Cc1sc2c(c1C)C(c1ccccc1)=N[C@@H](CC(=O)C(C)(C)C)c1nnc(C)n1-2.Cc1sc2c(c1C)C(c1ccccc1)=N[C@@H](CC(=O)C(C)(C)C)c1oncc1-2.[CH3-].[CH3-].[Y].[Y]. The molecule has 0 saturated carbocycles. The van der Waals surface area contributed by atoms with E-state index >= 15 is 0 Å². The van der Waals surface area contributed by atoms with Crippen molar-refractivity contribution in [1.82, 2.24) is 35.3 Å². The van der Waals surface area contributed by atoms with Gasteiger partial charge in [0.2, 0.25) is 5.82 Å². The number of carbonyl (C=O) groups is 4. The number of aryl methyl sites for hydroxylation is 5. The molecule has 0 bridgehead atoms. The monoisotopic (exact) mass is 1870 g/mol. The Labute approximate surface area is 802 Å². The third-order valence-corrected chi connectivity index (χ3v) is 23.6. The van der Waals surface area contributed by atoms with E-state index in [1.807, 2.05) is 256 Å². The van der Waals surface area contributed by atoms with Gasteiger partial charge in [-0.05, 0) is 70.4 Å². The minimum Gasteiger partial charge on any atom is -0.358 e. The van der Waals surface area contributed by atoms with Crippen LogP contribution in [0.1, 0.15) is 294 Å². The molecule has 0 unspecified atom stereocenters. The number of Topliss-reactive ketones (excluding diaryl/α,β-unsaturated/α-hetero) is 4. The van der Waals surface area contributed by atoms with Crippen LogP contribution in [0.5, 0.6) is 0 Å². The molecule has 4 aliphatic rings. The molecule has 0 saturated heterocycles. The van der Waals surface area contributed by atoms with Crippen LogP contribution in [0.3, 0.4) is 0 Å². The summed E-state index contributed by atoms with van der Waals surface area (Å²) in [6, 6.07) is 55.5. The van der Waals surface area contributed by atoms with E-state index in [1.54, 1.807) is 28.9 Å². The molecule has 4 aliphatic heterocycles. The van der Waals surface area contributed by atoms with E-state index < -0.39 is 27.7 Å². The zero-order valence-corrected chi connectivity index (χ0v) is 86.5. The maximum atomic E-state index is 12.9. The molecule has 10 heterocycles. The fraction of sp³-hybridized carbons (Fsp3) is 0.379. The van der Waals surface area contributed by atoms with Crippen LogP contribution in [0.15, 0.2) is 205 Å². The predicted molar refractivity (Wildman–Crippen MR) is 508 cm³/mol. The molecule has 125 heavy (non-hydrogen) atoms. The standard InChI is InChI=1S/C24H24N2O2.C23H26N4OS.C23H24N4O.C23H24N2O2S.4C2H6.2CH3.2Y/c1-15-21-17-12-8-9-13-18(17)22(16-10-6-5-7-11-16)25-19(23(21)28-26-15)14-20(27)24(2,3)4;1-13-14(2)29-22-19(13)20(16-10-8-7-9-11-16)24-17(12-18(28)23(4,5)6)21-26-25-15(3)27(21)22;1-15-25-26-22-18(14-20(28)23(2,3)4)24-21(16-10-6-5-7-11-16)17-12-8-9-13-19(17)27(15)22;1-13-14(2)28-22-16-12-24-27-21(16)17(11-18(26)23(3,4)5)25-20(19(13)22)15-9-7-6-8-10-15;4*1-2;;;;/h5-13,19H,14H2,1-4H3;7-11,17H,12H2,1-6H3;5-13,18H,14H2,1-4H3;6-10,12,17H,11H2,1-5H3;4*1-2H3;2*1H3;;/q;;;;;;;;2*-1;;/p+1/t19-;17-;18-;17-;;;;;;;;/m0000......../s1. The van der Waals surface area contributed by atoms with Crippen LogP contribution in [-0.2, 0) is 84.6 Å². The first-order valence-electron chi connectivity index (χ1n) is 42.5. The van der Waals surface area contributed by atoms with Gasteiger partial charge in [-0.2, -0.15) is 4.57 Å². The second-order valence-electron chi connectivity index (χ2n) is 33.5. The van der Waals surface area contributed by atoms with Crippen molar-refractivity contribution in [3.8, 4) is 32.3 Å². The number of hydrogen-bond donors (Lipinski definition) is 1. The largest absolute Gasteiger partial charge is 0.358 e. The van der Waals surface area contributed by atoms with Crippen molar-refractivity contribution in [2.24, 2.45) is 41.6 Å². The Morgan fingerprint density at radius 1 is 0.416 bits per heavy atom. The van der Waals surface area contributed by atoms with Gasteiger partial charge in [0, 0.05) is 184 Å². The van der Waals surface area contributed by atoms with Crippen molar-refractivity contribution in [2.75, 3.05) is 0 Å². The molecular weight excluding hydrogens is 1740 g/mol. The number of H-pyrrole nitrogens is 1. The summed E-state index contributed by atoms with van der Waals surface area (Å²) in [6.45, 7) is 53.8. The molecule has 2 radical (unpaired) electrons. The van der Waals surface area contributed by atoms with Gasteiger partial charge >= 0.3 is 5.82 Å². The van der Waals surface area contributed by atoms with Crippen LogP contribution >= 0.6 is 22.7 Å². The van der Waals surface area contributed by atoms with Crippen LogP contribution in [0, 0.1) is 85.0 Å². The summed E-state index contributed by atoms with van der Waals surface area (Å²) in [5.74, 6) is 5.27. The number of hydrogen-bond acceptors (Lipinski definition) is 17. The molecule has 4 atom stereocenters. The quantitative estimate of drug-likeness (QED) is 0.0892. The smallest absolute Gasteiger partial charge is 0.307 e. The van der Waals surface area contributed by atoms with Crippen molar-refractivity contribution in [3.05, 3.63) is 297 Å². The van der Waals surface area contributed by atoms with Crippen LogP contribution < -0.4 is 4.57 Å². The number of aliphatic imine (C=N–C) groups is 4. The summed E-state index contributed by atoms with van der Waals surface area (Å²) in [4.78, 5) is 75.5. The van der Waals surface area contributed by atoms with Gasteiger partial charge in [-0.15, -0.1) is 38.0 Å². The molecule has 0 spiro atoms. The Morgan fingerprint density at radius 3 is 1.28 bits per heavy atom. The number of nitrogens with zero attached hydrogens (tertiary/aromatic N) is 11. The molecule has 22 heteroatoms. The van der Waals surface area contributed by atoms with Gasteiger partial charge in [0.25, 0.3) is 0 Å². The second kappa shape index (κ2) is 46.6. The van der Waals surface area contributed by atoms with Gasteiger partial charge in [-0.1, -0.05) is 307 Å². The fourth-order valence-electron chi connectivity index (χ4n) is 14.2. The number of aromatic amines is 1. The van der Waals surface area contributed by atoms with Crippen LogP contribution in [0.4, 0.5) is 0 Å².